The van der Waals surface area contributed by atoms with Crippen LogP contribution in [0.2, 0.25) is 5.02 Å². The van der Waals surface area contributed by atoms with E-state index in [1.54, 1.807) is 7.11 Å². The highest BCUT2D eigenvalue weighted by molar-refractivity contribution is 14.1. The van der Waals surface area contributed by atoms with Crippen molar-refractivity contribution in [1.82, 2.24) is 0 Å². The van der Waals surface area contributed by atoms with E-state index in [0.29, 0.717) is 0 Å². The second kappa shape index (κ2) is 4.13. The molecule has 1 aromatic carbocycles. The van der Waals surface area contributed by atoms with Gasteiger partial charge in [-0.25, -0.2) is 0 Å². The van der Waals surface area contributed by atoms with Crippen molar-refractivity contribution in [3.05, 3.63) is 24.3 Å². The van der Waals surface area contributed by atoms with Gasteiger partial charge in [0.1, 0.15) is 5.75 Å². The van der Waals surface area contributed by atoms with Gasteiger partial charge in [-0.1, -0.05) is 11.6 Å². The zero-order valence-electron chi connectivity index (χ0n) is 5.70. The first kappa shape index (κ1) is 9.85. The van der Waals surface area contributed by atoms with Gasteiger partial charge in [-0.05, 0) is 57.3 Å². The van der Waals surface area contributed by atoms with Gasteiger partial charge in [0.05, 0.1) is 12.1 Å². The Morgan fingerprint density at radius 2 is 1.73 bits per heavy atom. The van der Waals surface area contributed by atoms with E-state index in [1.165, 1.54) is 0 Å². The lowest BCUT2D eigenvalue weighted by molar-refractivity contribution is 0.414. The molecule has 11 heavy (non-hydrogen) atoms. The van der Waals surface area contributed by atoms with Crippen molar-refractivity contribution in [1.29, 1.82) is 0 Å². The van der Waals surface area contributed by atoms with Crippen molar-refractivity contribution in [3.63, 3.8) is 0 Å². The van der Waals surface area contributed by atoms with Gasteiger partial charge < -0.3 is 4.74 Å². The molecular weight excluding hydrogens is 389 g/mol. The van der Waals surface area contributed by atoms with Gasteiger partial charge >= 0.3 is 0 Å². The largest absolute Gasteiger partial charge is 0.497 e. The van der Waals surface area contributed by atoms with E-state index in [2.05, 4.69) is 45.2 Å². The second-order valence-corrected chi connectivity index (χ2v) is 4.61. The number of hydrogen-bond donors (Lipinski definition) is 0. The maximum absolute atomic E-state index is 5.94. The van der Waals surface area contributed by atoms with Crippen LogP contribution in [0.15, 0.2) is 12.1 Å². The molecule has 0 spiro atoms. The van der Waals surface area contributed by atoms with Crippen LogP contribution in [0.1, 0.15) is 0 Å². The minimum atomic E-state index is 0.798. The Kier molecular flexibility index (Phi) is 3.70. The third-order valence-electron chi connectivity index (χ3n) is 1.19. The summed E-state index contributed by atoms with van der Waals surface area (Å²) in [6.07, 6.45) is 0. The zero-order valence-corrected chi connectivity index (χ0v) is 10.8. The summed E-state index contributed by atoms with van der Waals surface area (Å²) in [6.45, 7) is 0. The molecule has 0 bridgehead atoms. The van der Waals surface area contributed by atoms with Crippen LogP contribution in [-0.4, -0.2) is 7.11 Å². The standard InChI is InChI=1S/C7H5ClI2O/c1-11-4-2-5(9)7(8)6(10)3-4/h2-3H,1H3. The summed E-state index contributed by atoms with van der Waals surface area (Å²) in [4.78, 5) is 0. The van der Waals surface area contributed by atoms with Crippen LogP contribution in [0.25, 0.3) is 0 Å². The number of ether oxygens (including phenoxy) is 1. The molecule has 0 aliphatic rings. The molecule has 0 aliphatic heterocycles. The zero-order chi connectivity index (χ0) is 8.43. The van der Waals surface area contributed by atoms with Gasteiger partial charge in [0.2, 0.25) is 0 Å². The molecule has 0 saturated carbocycles. The van der Waals surface area contributed by atoms with Crippen LogP contribution in [0, 0.1) is 7.14 Å². The summed E-state index contributed by atoms with van der Waals surface area (Å²) in [7, 11) is 1.65. The van der Waals surface area contributed by atoms with Crippen LogP contribution < -0.4 is 4.74 Å². The summed E-state index contributed by atoms with van der Waals surface area (Å²) < 4.78 is 7.11. The Bertz CT molecular complexity index is 252. The summed E-state index contributed by atoms with van der Waals surface area (Å²) in [6, 6.07) is 3.82. The summed E-state index contributed by atoms with van der Waals surface area (Å²) in [5, 5.41) is 0.798. The molecule has 0 atom stereocenters. The number of benzene rings is 1. The molecule has 1 rings (SSSR count). The number of rotatable bonds is 1. The lowest BCUT2D eigenvalue weighted by Gasteiger charge is -2.03. The summed E-state index contributed by atoms with van der Waals surface area (Å²) in [5.74, 6) is 0.850. The lowest BCUT2D eigenvalue weighted by atomic mass is 10.3. The van der Waals surface area contributed by atoms with E-state index in [0.717, 1.165) is 17.9 Å². The van der Waals surface area contributed by atoms with Crippen molar-refractivity contribution in [2.75, 3.05) is 7.11 Å². The average molecular weight is 394 g/mol. The van der Waals surface area contributed by atoms with Crippen molar-refractivity contribution >= 4 is 56.8 Å². The van der Waals surface area contributed by atoms with Gasteiger partial charge in [0.25, 0.3) is 0 Å². The van der Waals surface area contributed by atoms with Crippen LogP contribution >= 0.6 is 56.8 Å². The fourth-order valence-corrected chi connectivity index (χ4v) is 2.47. The van der Waals surface area contributed by atoms with Gasteiger partial charge in [0.15, 0.2) is 0 Å². The average Bonchev–Trinajstić information content (AvgIpc) is 1.99. The Morgan fingerprint density at radius 1 is 1.27 bits per heavy atom. The molecule has 0 heterocycles. The lowest BCUT2D eigenvalue weighted by Crippen LogP contribution is -1.86. The van der Waals surface area contributed by atoms with Crippen LogP contribution in [0.5, 0.6) is 5.75 Å². The number of methoxy groups -OCH3 is 1. The van der Waals surface area contributed by atoms with Gasteiger partial charge in [0, 0.05) is 7.14 Å². The fraction of sp³-hybridized carbons (Fsp3) is 0.143. The molecule has 0 fully saturated rings. The molecule has 0 unspecified atom stereocenters. The first-order chi connectivity index (χ1) is 5.15. The molecule has 1 nitrogen and oxygen atoms in total. The third-order valence-corrected chi connectivity index (χ3v) is 3.94. The first-order valence-corrected chi connectivity index (χ1v) is 5.37. The Labute approximate surface area is 97.7 Å². The topological polar surface area (TPSA) is 9.23 Å². The molecule has 1 aromatic rings. The minimum absolute atomic E-state index is 0.798. The highest BCUT2D eigenvalue weighted by Gasteiger charge is 2.03. The van der Waals surface area contributed by atoms with Crippen molar-refractivity contribution < 1.29 is 4.74 Å². The Balaban J connectivity index is 3.21. The van der Waals surface area contributed by atoms with Crippen LogP contribution in [0.3, 0.4) is 0 Å². The van der Waals surface area contributed by atoms with E-state index in [1.807, 2.05) is 12.1 Å². The van der Waals surface area contributed by atoms with E-state index >= 15 is 0 Å². The number of halogens is 3. The maximum Gasteiger partial charge on any atom is 0.121 e. The van der Waals surface area contributed by atoms with Crippen molar-refractivity contribution in [2.45, 2.75) is 0 Å². The molecule has 0 N–H and O–H groups in total. The van der Waals surface area contributed by atoms with Crippen LogP contribution in [0.4, 0.5) is 0 Å². The monoisotopic (exact) mass is 394 g/mol. The quantitative estimate of drug-likeness (QED) is 0.523. The second-order valence-electron chi connectivity index (χ2n) is 1.91. The predicted octanol–water partition coefficient (Wildman–Crippen LogP) is 3.56. The van der Waals surface area contributed by atoms with Crippen LogP contribution in [-0.2, 0) is 0 Å². The molecule has 0 saturated heterocycles. The molecule has 0 radical (unpaired) electrons. The predicted molar refractivity (Wildman–Crippen MR) is 63.4 cm³/mol. The molecule has 60 valence electrons. The van der Waals surface area contributed by atoms with Crippen molar-refractivity contribution in [2.24, 2.45) is 0 Å². The normalized spacial score (nSPS) is 9.82. The van der Waals surface area contributed by atoms with E-state index in [4.69, 9.17) is 16.3 Å². The minimum Gasteiger partial charge on any atom is -0.497 e. The summed E-state index contributed by atoms with van der Waals surface area (Å²) >= 11 is 10.3. The summed E-state index contributed by atoms with van der Waals surface area (Å²) in [5.41, 5.74) is 0. The third kappa shape index (κ3) is 2.35. The molecular formula is C7H5ClI2O. The van der Waals surface area contributed by atoms with E-state index < -0.39 is 0 Å². The molecule has 4 heteroatoms. The fourth-order valence-electron chi connectivity index (χ4n) is 0.650. The molecule has 0 aliphatic carbocycles. The van der Waals surface area contributed by atoms with E-state index in [9.17, 15) is 0 Å². The van der Waals surface area contributed by atoms with Crippen molar-refractivity contribution in [3.8, 4) is 5.75 Å². The maximum atomic E-state index is 5.94. The SMILES string of the molecule is COc1cc(I)c(Cl)c(I)c1. The first-order valence-electron chi connectivity index (χ1n) is 2.83. The Morgan fingerprint density at radius 3 is 2.09 bits per heavy atom. The van der Waals surface area contributed by atoms with Gasteiger partial charge in [-0.15, -0.1) is 0 Å². The van der Waals surface area contributed by atoms with Gasteiger partial charge in [-0.2, -0.15) is 0 Å². The highest BCUT2D eigenvalue weighted by Crippen LogP contribution is 2.28. The van der Waals surface area contributed by atoms with E-state index in [-0.39, 0.29) is 0 Å². The number of hydrogen-bond acceptors (Lipinski definition) is 1. The molecule has 0 aromatic heterocycles. The van der Waals surface area contributed by atoms with Gasteiger partial charge in [-0.3, -0.25) is 0 Å². The highest BCUT2D eigenvalue weighted by atomic mass is 127. The Hall–Kier alpha value is 0.770. The smallest absolute Gasteiger partial charge is 0.121 e. The molecule has 0 amide bonds.